The van der Waals surface area contributed by atoms with E-state index in [0.29, 0.717) is 22.0 Å². The van der Waals surface area contributed by atoms with Crippen LogP contribution in [0.5, 0.6) is 0 Å². The molecule has 0 aliphatic rings. The lowest BCUT2D eigenvalue weighted by Crippen LogP contribution is -2.29. The minimum Gasteiger partial charge on any atom is -0.451 e. The number of rotatable bonds is 6. The van der Waals surface area contributed by atoms with Crippen molar-refractivity contribution >= 4 is 34.1 Å². The van der Waals surface area contributed by atoms with Gasteiger partial charge in [0.25, 0.3) is 11.5 Å². The second-order valence-corrected chi connectivity index (χ2v) is 6.96. The minimum absolute atomic E-state index is 0.0455. The SMILES string of the molecule is CC(=O)c1ccccc1NC(=O)COC(=O)c1nn(C(C)C)c(=O)c2ccccc12. The lowest BCUT2D eigenvalue weighted by Gasteiger charge is -2.13. The third kappa shape index (κ3) is 4.27. The number of nitrogens with zero attached hydrogens (tertiary/aromatic N) is 2. The second-order valence-electron chi connectivity index (χ2n) is 6.96. The van der Waals surface area contributed by atoms with Crippen LogP contribution in [0.15, 0.2) is 53.3 Å². The van der Waals surface area contributed by atoms with E-state index >= 15 is 0 Å². The lowest BCUT2D eigenvalue weighted by molar-refractivity contribution is -0.119. The van der Waals surface area contributed by atoms with E-state index in [0.717, 1.165) is 0 Å². The lowest BCUT2D eigenvalue weighted by atomic mass is 10.1. The summed E-state index contributed by atoms with van der Waals surface area (Å²) in [7, 11) is 0. The highest BCUT2D eigenvalue weighted by molar-refractivity contribution is 6.05. The average Bonchev–Trinajstić information content (AvgIpc) is 2.72. The van der Waals surface area contributed by atoms with Gasteiger partial charge in [0, 0.05) is 10.9 Å². The number of amides is 1. The number of ketones is 1. The molecule has 0 unspecified atom stereocenters. The predicted molar refractivity (Wildman–Crippen MR) is 112 cm³/mol. The first-order valence-electron chi connectivity index (χ1n) is 9.38. The molecule has 8 nitrogen and oxygen atoms in total. The minimum atomic E-state index is -0.824. The van der Waals surface area contributed by atoms with Gasteiger partial charge in [0.2, 0.25) is 0 Å². The second kappa shape index (κ2) is 8.69. The summed E-state index contributed by atoms with van der Waals surface area (Å²) >= 11 is 0. The molecule has 0 fully saturated rings. The van der Waals surface area contributed by atoms with Crippen molar-refractivity contribution < 1.29 is 19.1 Å². The molecule has 1 N–H and O–H groups in total. The number of benzene rings is 2. The first-order valence-corrected chi connectivity index (χ1v) is 9.38. The summed E-state index contributed by atoms with van der Waals surface area (Å²) in [5.74, 6) is -1.62. The van der Waals surface area contributed by atoms with Gasteiger partial charge in [-0.15, -0.1) is 0 Å². The Morgan fingerprint density at radius 1 is 1.03 bits per heavy atom. The van der Waals surface area contributed by atoms with Crippen LogP contribution < -0.4 is 10.9 Å². The summed E-state index contributed by atoms with van der Waals surface area (Å²) in [6, 6.07) is 12.9. The molecule has 1 heterocycles. The molecule has 8 heteroatoms. The van der Waals surface area contributed by atoms with Gasteiger partial charge in [0.15, 0.2) is 18.1 Å². The number of hydrogen-bond acceptors (Lipinski definition) is 6. The molecule has 0 radical (unpaired) electrons. The van der Waals surface area contributed by atoms with E-state index in [4.69, 9.17) is 4.74 Å². The van der Waals surface area contributed by atoms with Gasteiger partial charge in [-0.05, 0) is 39.0 Å². The van der Waals surface area contributed by atoms with Crippen LogP contribution >= 0.6 is 0 Å². The number of nitrogens with one attached hydrogen (secondary N) is 1. The number of carbonyl (C=O) groups is 3. The van der Waals surface area contributed by atoms with E-state index in [9.17, 15) is 19.2 Å². The molecule has 0 spiro atoms. The summed E-state index contributed by atoms with van der Waals surface area (Å²) in [4.78, 5) is 49.1. The van der Waals surface area contributed by atoms with E-state index in [1.165, 1.54) is 11.6 Å². The van der Waals surface area contributed by atoms with Crippen LogP contribution in [0.1, 0.15) is 47.7 Å². The Morgan fingerprint density at radius 2 is 1.67 bits per heavy atom. The highest BCUT2D eigenvalue weighted by Gasteiger charge is 2.20. The van der Waals surface area contributed by atoms with Crippen molar-refractivity contribution in [3.63, 3.8) is 0 Å². The first-order chi connectivity index (χ1) is 14.3. The molecule has 0 saturated heterocycles. The third-order valence-corrected chi connectivity index (χ3v) is 4.43. The van der Waals surface area contributed by atoms with Gasteiger partial charge < -0.3 is 10.1 Å². The maximum Gasteiger partial charge on any atom is 0.359 e. The Kier molecular flexibility index (Phi) is 6.06. The zero-order valence-electron chi connectivity index (χ0n) is 16.8. The average molecular weight is 407 g/mol. The van der Waals surface area contributed by atoms with Crippen molar-refractivity contribution in [2.75, 3.05) is 11.9 Å². The molecule has 1 amide bonds. The van der Waals surface area contributed by atoms with Crippen LogP contribution in [-0.2, 0) is 9.53 Å². The summed E-state index contributed by atoms with van der Waals surface area (Å²) in [5, 5.41) is 7.41. The molecule has 0 saturated carbocycles. The molecule has 3 rings (SSSR count). The van der Waals surface area contributed by atoms with Crippen molar-refractivity contribution in [2.45, 2.75) is 26.8 Å². The van der Waals surface area contributed by atoms with Crippen LogP contribution in [0, 0.1) is 0 Å². The largest absolute Gasteiger partial charge is 0.451 e. The van der Waals surface area contributed by atoms with Crippen LogP contribution in [0.4, 0.5) is 5.69 Å². The van der Waals surface area contributed by atoms with Crippen molar-refractivity contribution in [2.24, 2.45) is 0 Å². The smallest absolute Gasteiger partial charge is 0.359 e. The van der Waals surface area contributed by atoms with Crippen molar-refractivity contribution in [1.29, 1.82) is 0 Å². The molecule has 0 aliphatic carbocycles. The number of aromatic nitrogens is 2. The molecule has 3 aromatic rings. The molecule has 30 heavy (non-hydrogen) atoms. The van der Waals surface area contributed by atoms with Gasteiger partial charge in [0.05, 0.1) is 17.1 Å². The van der Waals surface area contributed by atoms with Crippen LogP contribution in [0.2, 0.25) is 0 Å². The van der Waals surface area contributed by atoms with Crippen LogP contribution in [0.3, 0.4) is 0 Å². The van der Waals surface area contributed by atoms with Gasteiger partial charge in [-0.1, -0.05) is 30.3 Å². The highest BCUT2D eigenvalue weighted by atomic mass is 16.5. The van der Waals surface area contributed by atoms with Crippen LogP contribution in [0.25, 0.3) is 10.8 Å². The molecule has 1 aromatic heterocycles. The zero-order chi connectivity index (χ0) is 21.8. The Labute approximate surface area is 172 Å². The first kappa shape index (κ1) is 20.9. The third-order valence-electron chi connectivity index (χ3n) is 4.43. The maximum absolute atomic E-state index is 12.6. The fourth-order valence-electron chi connectivity index (χ4n) is 2.99. The number of Topliss-reactive ketones (excluding diaryl/α,β-unsaturated/α-hetero) is 1. The fraction of sp³-hybridized carbons (Fsp3) is 0.227. The summed E-state index contributed by atoms with van der Waals surface area (Å²) in [6.45, 7) is 4.38. The predicted octanol–water partition coefficient (Wildman–Crippen LogP) is 2.98. The van der Waals surface area contributed by atoms with E-state index in [1.807, 2.05) is 0 Å². The number of anilines is 1. The number of ether oxygens (including phenoxy) is 1. The highest BCUT2D eigenvalue weighted by Crippen LogP contribution is 2.17. The number of esters is 1. The van der Waals surface area contributed by atoms with Gasteiger partial charge >= 0.3 is 5.97 Å². The quantitative estimate of drug-likeness (QED) is 0.497. The summed E-state index contributed by atoms with van der Waals surface area (Å²) < 4.78 is 6.34. The molecule has 2 aromatic carbocycles. The van der Waals surface area contributed by atoms with Gasteiger partial charge in [0.1, 0.15) is 0 Å². The van der Waals surface area contributed by atoms with Gasteiger partial charge in [-0.25, -0.2) is 9.48 Å². The number of carbonyl (C=O) groups excluding carboxylic acids is 3. The molecular formula is C22H21N3O5. The monoisotopic (exact) mass is 407 g/mol. The Balaban J connectivity index is 1.81. The van der Waals surface area contributed by atoms with E-state index in [-0.39, 0.29) is 23.1 Å². The van der Waals surface area contributed by atoms with Crippen molar-refractivity contribution in [3.8, 4) is 0 Å². The van der Waals surface area contributed by atoms with Gasteiger partial charge in [-0.3, -0.25) is 14.4 Å². The van der Waals surface area contributed by atoms with Crippen molar-refractivity contribution in [3.05, 3.63) is 70.1 Å². The van der Waals surface area contributed by atoms with E-state index < -0.39 is 18.5 Å². The molecule has 0 bridgehead atoms. The standard InChI is InChI=1S/C22H21N3O5/c1-13(2)25-21(28)17-10-5-4-9-16(17)20(24-25)22(29)30-12-19(27)23-18-11-7-6-8-15(18)14(3)26/h4-11,13H,12H2,1-3H3,(H,23,27). The molecule has 154 valence electrons. The molecule has 0 aliphatic heterocycles. The summed E-state index contributed by atoms with van der Waals surface area (Å²) in [6.07, 6.45) is 0. The maximum atomic E-state index is 12.6. The number of fused-ring (bicyclic) bond motifs is 1. The van der Waals surface area contributed by atoms with Crippen LogP contribution in [-0.4, -0.2) is 34.0 Å². The number of para-hydroxylation sites is 1. The summed E-state index contributed by atoms with van der Waals surface area (Å²) in [5.41, 5.74) is 0.336. The Hall–Kier alpha value is -3.81. The Bertz CT molecular complexity index is 1200. The number of hydrogen-bond donors (Lipinski definition) is 1. The van der Waals surface area contributed by atoms with E-state index in [1.54, 1.807) is 62.4 Å². The van der Waals surface area contributed by atoms with Gasteiger partial charge in [-0.2, -0.15) is 5.10 Å². The molecular weight excluding hydrogens is 386 g/mol. The Morgan fingerprint density at radius 3 is 2.33 bits per heavy atom. The topological polar surface area (TPSA) is 107 Å². The molecule has 0 atom stereocenters. The fourth-order valence-corrected chi connectivity index (χ4v) is 2.99. The van der Waals surface area contributed by atoms with Crippen molar-refractivity contribution in [1.82, 2.24) is 9.78 Å². The zero-order valence-corrected chi connectivity index (χ0v) is 16.8. The normalized spacial score (nSPS) is 10.8. The van der Waals surface area contributed by atoms with E-state index in [2.05, 4.69) is 10.4 Å².